The van der Waals surface area contributed by atoms with Gasteiger partial charge >= 0.3 is 0 Å². The molecule has 0 heterocycles. The van der Waals surface area contributed by atoms with Crippen molar-refractivity contribution in [2.24, 2.45) is 0 Å². The fourth-order valence-electron chi connectivity index (χ4n) is 1.72. The Morgan fingerprint density at radius 3 is 2.79 bits per heavy atom. The van der Waals surface area contributed by atoms with Crippen LogP contribution in [0.1, 0.15) is 22.8 Å². The van der Waals surface area contributed by atoms with E-state index in [0.717, 1.165) is 4.47 Å². The minimum absolute atomic E-state index is 0.118. The topological polar surface area (TPSA) is 26.3 Å². The van der Waals surface area contributed by atoms with Gasteiger partial charge in [0.25, 0.3) is 0 Å². The molecule has 0 fully saturated rings. The van der Waals surface area contributed by atoms with Gasteiger partial charge in [-0.3, -0.25) is 4.79 Å². The summed E-state index contributed by atoms with van der Waals surface area (Å²) >= 11 is 9.41. The second kappa shape index (κ2) is 6.22. The molecular formula is C15H12BrClO2. The van der Waals surface area contributed by atoms with E-state index in [1.54, 1.807) is 36.4 Å². The summed E-state index contributed by atoms with van der Waals surface area (Å²) in [5.74, 6) is 0.562. The third-order valence-corrected chi connectivity index (χ3v) is 3.40. The van der Waals surface area contributed by atoms with Crippen molar-refractivity contribution in [1.82, 2.24) is 0 Å². The summed E-state index contributed by atoms with van der Waals surface area (Å²) in [7, 11) is 0. The number of benzene rings is 2. The van der Waals surface area contributed by atoms with Crippen LogP contribution in [0.25, 0.3) is 0 Å². The van der Waals surface area contributed by atoms with Crippen molar-refractivity contribution >= 4 is 33.3 Å². The first-order valence-corrected chi connectivity index (χ1v) is 7.01. The Bertz CT molecular complexity index is 611. The predicted octanol–water partition coefficient (Wildman–Crippen LogP) is 4.73. The molecule has 0 saturated heterocycles. The van der Waals surface area contributed by atoms with Crippen LogP contribution in [0.2, 0.25) is 5.02 Å². The molecular weight excluding hydrogens is 328 g/mol. The van der Waals surface area contributed by atoms with E-state index in [0.29, 0.717) is 28.5 Å². The Kier molecular flexibility index (Phi) is 4.61. The lowest BCUT2D eigenvalue weighted by Crippen LogP contribution is -2.03. The fraction of sp³-hybridized carbons (Fsp3) is 0.133. The van der Waals surface area contributed by atoms with E-state index >= 15 is 0 Å². The van der Waals surface area contributed by atoms with Gasteiger partial charge in [-0.2, -0.15) is 0 Å². The zero-order valence-corrected chi connectivity index (χ0v) is 12.7. The maximum absolute atomic E-state index is 12.4. The van der Waals surface area contributed by atoms with Crippen LogP contribution in [0.4, 0.5) is 0 Å². The molecule has 0 unspecified atom stereocenters. The maximum atomic E-state index is 12.4. The molecule has 19 heavy (non-hydrogen) atoms. The Morgan fingerprint density at radius 1 is 1.26 bits per heavy atom. The Labute approximate surface area is 125 Å². The van der Waals surface area contributed by atoms with Crippen molar-refractivity contribution in [2.45, 2.75) is 6.92 Å². The predicted molar refractivity (Wildman–Crippen MR) is 80.2 cm³/mol. The van der Waals surface area contributed by atoms with Crippen LogP contribution in [-0.2, 0) is 0 Å². The molecule has 0 aromatic heterocycles. The zero-order chi connectivity index (χ0) is 13.8. The highest BCUT2D eigenvalue weighted by molar-refractivity contribution is 9.10. The third kappa shape index (κ3) is 3.37. The Morgan fingerprint density at radius 2 is 2.05 bits per heavy atom. The van der Waals surface area contributed by atoms with Crippen LogP contribution in [0.5, 0.6) is 5.75 Å². The van der Waals surface area contributed by atoms with E-state index < -0.39 is 0 Å². The molecule has 0 aliphatic carbocycles. The third-order valence-electron chi connectivity index (χ3n) is 2.58. The first-order valence-electron chi connectivity index (χ1n) is 5.84. The van der Waals surface area contributed by atoms with Crippen molar-refractivity contribution in [2.75, 3.05) is 6.61 Å². The molecule has 0 spiro atoms. The SMILES string of the molecule is CCOc1cccc(C(=O)c2cc(Br)ccc2Cl)c1. The van der Waals surface area contributed by atoms with Gasteiger partial charge in [-0.1, -0.05) is 39.7 Å². The number of halogens is 2. The Hall–Kier alpha value is -1.32. The summed E-state index contributed by atoms with van der Waals surface area (Å²) < 4.78 is 6.21. The van der Waals surface area contributed by atoms with Gasteiger partial charge in [-0.05, 0) is 37.3 Å². The van der Waals surface area contributed by atoms with Crippen molar-refractivity contribution in [3.05, 3.63) is 63.1 Å². The van der Waals surface area contributed by atoms with Crippen LogP contribution in [0, 0.1) is 0 Å². The number of carbonyl (C=O) groups excluding carboxylic acids is 1. The number of hydrogen-bond acceptors (Lipinski definition) is 2. The first kappa shape index (κ1) is 14.1. The lowest BCUT2D eigenvalue weighted by atomic mass is 10.0. The highest BCUT2D eigenvalue weighted by Crippen LogP contribution is 2.25. The first-order chi connectivity index (χ1) is 9.11. The van der Waals surface area contributed by atoms with Gasteiger partial charge in [0.15, 0.2) is 5.78 Å². The Balaban J connectivity index is 2.38. The molecule has 2 aromatic carbocycles. The molecule has 0 bridgehead atoms. The average Bonchev–Trinajstić information content (AvgIpc) is 2.41. The average molecular weight is 340 g/mol. The summed E-state index contributed by atoms with van der Waals surface area (Å²) in [5, 5.41) is 0.440. The highest BCUT2D eigenvalue weighted by Gasteiger charge is 2.14. The molecule has 98 valence electrons. The van der Waals surface area contributed by atoms with E-state index in [1.165, 1.54) is 0 Å². The van der Waals surface area contributed by atoms with Crippen LogP contribution < -0.4 is 4.74 Å². The molecule has 0 amide bonds. The molecule has 2 aromatic rings. The smallest absolute Gasteiger partial charge is 0.194 e. The molecule has 2 rings (SSSR count). The monoisotopic (exact) mass is 338 g/mol. The van der Waals surface area contributed by atoms with Crippen molar-refractivity contribution < 1.29 is 9.53 Å². The summed E-state index contributed by atoms with van der Waals surface area (Å²) in [6.07, 6.45) is 0. The van der Waals surface area contributed by atoms with Crippen molar-refractivity contribution in [1.29, 1.82) is 0 Å². The number of ether oxygens (including phenoxy) is 1. The maximum Gasteiger partial charge on any atom is 0.194 e. The number of carbonyl (C=O) groups is 1. The highest BCUT2D eigenvalue weighted by atomic mass is 79.9. The van der Waals surface area contributed by atoms with E-state index in [-0.39, 0.29) is 5.78 Å². The van der Waals surface area contributed by atoms with Crippen LogP contribution in [0.15, 0.2) is 46.9 Å². The molecule has 4 heteroatoms. The van der Waals surface area contributed by atoms with E-state index in [1.807, 2.05) is 13.0 Å². The second-order valence-corrected chi connectivity index (χ2v) is 5.24. The van der Waals surface area contributed by atoms with Gasteiger partial charge in [0.2, 0.25) is 0 Å². The number of ketones is 1. The molecule has 0 atom stereocenters. The van der Waals surface area contributed by atoms with Gasteiger partial charge in [0.05, 0.1) is 11.6 Å². The van der Waals surface area contributed by atoms with Crippen LogP contribution >= 0.6 is 27.5 Å². The van der Waals surface area contributed by atoms with Crippen LogP contribution in [-0.4, -0.2) is 12.4 Å². The molecule has 0 aliphatic heterocycles. The van der Waals surface area contributed by atoms with Gasteiger partial charge < -0.3 is 4.74 Å². The van der Waals surface area contributed by atoms with E-state index in [9.17, 15) is 4.79 Å². The molecule has 0 N–H and O–H groups in total. The summed E-state index contributed by atoms with van der Waals surface area (Å²) in [5.41, 5.74) is 1.04. The minimum atomic E-state index is -0.118. The number of hydrogen-bond donors (Lipinski definition) is 0. The van der Waals surface area contributed by atoms with Gasteiger partial charge in [-0.25, -0.2) is 0 Å². The molecule has 0 aliphatic rings. The second-order valence-electron chi connectivity index (χ2n) is 3.91. The van der Waals surface area contributed by atoms with Gasteiger partial charge in [-0.15, -0.1) is 0 Å². The molecule has 2 nitrogen and oxygen atoms in total. The van der Waals surface area contributed by atoms with E-state index in [4.69, 9.17) is 16.3 Å². The van der Waals surface area contributed by atoms with E-state index in [2.05, 4.69) is 15.9 Å². The number of rotatable bonds is 4. The minimum Gasteiger partial charge on any atom is -0.494 e. The van der Waals surface area contributed by atoms with Gasteiger partial charge in [0, 0.05) is 15.6 Å². The summed E-state index contributed by atoms with van der Waals surface area (Å²) in [6, 6.07) is 12.3. The molecule has 0 saturated carbocycles. The fourth-order valence-corrected chi connectivity index (χ4v) is 2.29. The van der Waals surface area contributed by atoms with Crippen molar-refractivity contribution in [3.8, 4) is 5.75 Å². The largest absolute Gasteiger partial charge is 0.494 e. The van der Waals surface area contributed by atoms with Crippen LogP contribution in [0.3, 0.4) is 0 Å². The quantitative estimate of drug-likeness (QED) is 0.753. The lowest BCUT2D eigenvalue weighted by molar-refractivity contribution is 0.103. The van der Waals surface area contributed by atoms with Crippen molar-refractivity contribution in [3.63, 3.8) is 0 Å². The normalized spacial score (nSPS) is 10.3. The molecule has 0 radical (unpaired) electrons. The van der Waals surface area contributed by atoms with Gasteiger partial charge in [0.1, 0.15) is 5.75 Å². The zero-order valence-electron chi connectivity index (χ0n) is 10.3. The lowest BCUT2D eigenvalue weighted by Gasteiger charge is -2.07. The standard InChI is InChI=1S/C15H12BrClO2/c1-2-19-12-5-3-4-10(8-12)15(18)13-9-11(16)6-7-14(13)17/h3-9H,2H2,1H3. The summed E-state index contributed by atoms with van der Waals surface area (Å²) in [4.78, 5) is 12.4. The summed E-state index contributed by atoms with van der Waals surface area (Å²) in [6.45, 7) is 2.47.